The predicted octanol–water partition coefficient (Wildman–Crippen LogP) is 2.03. The van der Waals surface area contributed by atoms with Crippen LogP contribution in [0.5, 0.6) is 0 Å². The molecule has 2 heterocycles. The van der Waals surface area contributed by atoms with Gasteiger partial charge in [0.2, 0.25) is 5.82 Å². The first-order chi connectivity index (χ1) is 13.2. The molecule has 3 aromatic rings. The maximum Gasteiger partial charge on any atom is 0.287 e. The number of nitrogens with one attached hydrogen (secondary N) is 2. The molecule has 7 nitrogen and oxygen atoms in total. The number of methoxy groups -OCH3 is 1. The number of hydrogen-bond donors (Lipinski definition) is 2. The van der Waals surface area contributed by atoms with Crippen molar-refractivity contribution in [2.24, 2.45) is 0 Å². The number of hydrogen-bond acceptors (Lipinski definition) is 4. The van der Waals surface area contributed by atoms with Crippen LogP contribution in [0.1, 0.15) is 33.1 Å². The molecule has 27 heavy (non-hydrogen) atoms. The van der Waals surface area contributed by atoms with E-state index in [-0.39, 0.29) is 23.3 Å². The number of aromatic nitrogens is 2. The monoisotopic (exact) mass is 366 g/mol. The average molecular weight is 366 g/mol. The van der Waals surface area contributed by atoms with E-state index in [1.807, 2.05) is 36.4 Å². The fourth-order valence-electron chi connectivity index (χ4n) is 2.72. The summed E-state index contributed by atoms with van der Waals surface area (Å²) in [6, 6.07) is 15.0. The number of imidazole rings is 1. The summed E-state index contributed by atoms with van der Waals surface area (Å²) in [6.07, 6.45) is 2.43. The molecule has 0 aliphatic rings. The second-order valence-electron chi connectivity index (χ2n) is 6.01. The Hall–Kier alpha value is -3.19. The molecule has 140 valence electrons. The van der Waals surface area contributed by atoms with Crippen molar-refractivity contribution in [2.75, 3.05) is 20.3 Å². The van der Waals surface area contributed by atoms with Gasteiger partial charge in [-0.15, -0.1) is 0 Å². The SMILES string of the molecule is COCCCNC(=O)c1nc(C(=O)NCc2ccccc2)c2ccccn12. The van der Waals surface area contributed by atoms with Crippen molar-refractivity contribution < 1.29 is 14.3 Å². The number of benzene rings is 1. The third kappa shape index (κ3) is 4.51. The number of fused-ring (bicyclic) bond motifs is 1. The summed E-state index contributed by atoms with van der Waals surface area (Å²) in [5.74, 6) is -0.455. The standard InChI is InChI=1S/C20H22N4O3/c1-27-13-7-11-21-20(26)18-23-17(16-10-5-6-12-24(16)18)19(25)22-14-15-8-3-2-4-9-15/h2-6,8-10,12H,7,11,13-14H2,1H3,(H,21,26)(H,22,25). The second kappa shape index (κ2) is 8.95. The van der Waals surface area contributed by atoms with Gasteiger partial charge in [-0.25, -0.2) is 4.98 Å². The zero-order valence-corrected chi connectivity index (χ0v) is 15.1. The highest BCUT2D eigenvalue weighted by atomic mass is 16.5. The van der Waals surface area contributed by atoms with Gasteiger partial charge in [-0.1, -0.05) is 36.4 Å². The van der Waals surface area contributed by atoms with Gasteiger partial charge in [-0.05, 0) is 24.1 Å². The maximum absolute atomic E-state index is 12.6. The van der Waals surface area contributed by atoms with E-state index >= 15 is 0 Å². The lowest BCUT2D eigenvalue weighted by Crippen LogP contribution is -2.27. The minimum atomic E-state index is -0.325. The summed E-state index contributed by atoms with van der Waals surface area (Å²) in [6.45, 7) is 1.43. The molecule has 0 aliphatic heterocycles. The highest BCUT2D eigenvalue weighted by molar-refractivity contribution is 6.02. The highest BCUT2D eigenvalue weighted by Gasteiger charge is 2.21. The van der Waals surface area contributed by atoms with E-state index in [4.69, 9.17) is 4.74 Å². The normalized spacial score (nSPS) is 10.7. The minimum absolute atomic E-state index is 0.188. The number of pyridine rings is 1. The molecule has 2 aromatic heterocycles. The molecular formula is C20H22N4O3. The molecule has 3 rings (SSSR count). The summed E-state index contributed by atoms with van der Waals surface area (Å²) >= 11 is 0. The summed E-state index contributed by atoms with van der Waals surface area (Å²) in [4.78, 5) is 29.4. The molecule has 0 spiro atoms. The van der Waals surface area contributed by atoms with E-state index in [0.717, 1.165) is 5.56 Å². The topological polar surface area (TPSA) is 84.7 Å². The van der Waals surface area contributed by atoms with Gasteiger partial charge >= 0.3 is 0 Å². The van der Waals surface area contributed by atoms with Crippen molar-refractivity contribution in [3.05, 3.63) is 71.8 Å². The molecular weight excluding hydrogens is 344 g/mol. The van der Waals surface area contributed by atoms with E-state index in [9.17, 15) is 9.59 Å². The molecule has 0 radical (unpaired) electrons. The largest absolute Gasteiger partial charge is 0.385 e. The van der Waals surface area contributed by atoms with Gasteiger partial charge < -0.3 is 15.4 Å². The Labute approximate surface area is 157 Å². The molecule has 0 aliphatic carbocycles. The second-order valence-corrected chi connectivity index (χ2v) is 6.01. The van der Waals surface area contributed by atoms with E-state index in [2.05, 4.69) is 15.6 Å². The van der Waals surface area contributed by atoms with Crippen LogP contribution < -0.4 is 10.6 Å². The summed E-state index contributed by atoms with van der Waals surface area (Å²) in [5, 5.41) is 5.66. The van der Waals surface area contributed by atoms with Gasteiger partial charge in [0.15, 0.2) is 5.69 Å². The Bertz CT molecular complexity index is 921. The van der Waals surface area contributed by atoms with Crippen molar-refractivity contribution in [3.63, 3.8) is 0 Å². The molecule has 2 amide bonds. The lowest BCUT2D eigenvalue weighted by Gasteiger charge is -2.03. The Morgan fingerprint density at radius 1 is 1.04 bits per heavy atom. The highest BCUT2D eigenvalue weighted by Crippen LogP contribution is 2.13. The van der Waals surface area contributed by atoms with E-state index in [1.54, 1.807) is 29.8 Å². The number of rotatable bonds is 8. The van der Waals surface area contributed by atoms with E-state index in [1.165, 1.54) is 0 Å². The van der Waals surface area contributed by atoms with Gasteiger partial charge in [0, 0.05) is 33.0 Å². The quantitative estimate of drug-likeness (QED) is 0.598. The van der Waals surface area contributed by atoms with Crippen LogP contribution in [0, 0.1) is 0 Å². The minimum Gasteiger partial charge on any atom is -0.385 e. The molecule has 7 heteroatoms. The van der Waals surface area contributed by atoms with Crippen LogP contribution in [0.2, 0.25) is 0 Å². The number of ether oxygens (including phenoxy) is 1. The summed E-state index contributed by atoms with van der Waals surface area (Å²) in [5.41, 5.74) is 1.81. The number of amides is 2. The van der Waals surface area contributed by atoms with Gasteiger partial charge in [-0.2, -0.15) is 0 Å². The smallest absolute Gasteiger partial charge is 0.287 e. The van der Waals surface area contributed by atoms with Crippen LogP contribution in [0.15, 0.2) is 54.7 Å². The van der Waals surface area contributed by atoms with Gasteiger partial charge in [-0.3, -0.25) is 14.0 Å². The van der Waals surface area contributed by atoms with Crippen LogP contribution in [0.25, 0.3) is 5.52 Å². The summed E-state index contributed by atoms with van der Waals surface area (Å²) in [7, 11) is 1.62. The predicted molar refractivity (Wildman–Crippen MR) is 102 cm³/mol. The van der Waals surface area contributed by atoms with E-state index < -0.39 is 0 Å². The first-order valence-electron chi connectivity index (χ1n) is 8.77. The Balaban J connectivity index is 1.77. The molecule has 0 saturated heterocycles. The third-order valence-corrected chi connectivity index (χ3v) is 4.07. The summed E-state index contributed by atoms with van der Waals surface area (Å²) < 4.78 is 6.60. The van der Waals surface area contributed by atoms with Crippen LogP contribution in [-0.4, -0.2) is 41.5 Å². The molecule has 0 atom stereocenters. The zero-order chi connectivity index (χ0) is 19.1. The van der Waals surface area contributed by atoms with E-state index in [0.29, 0.717) is 31.6 Å². The number of carbonyl (C=O) groups is 2. The molecule has 0 bridgehead atoms. The molecule has 1 aromatic carbocycles. The van der Waals surface area contributed by atoms with Crippen LogP contribution in [0.3, 0.4) is 0 Å². The zero-order valence-electron chi connectivity index (χ0n) is 15.1. The average Bonchev–Trinajstić information content (AvgIpc) is 3.10. The van der Waals surface area contributed by atoms with Crippen molar-refractivity contribution >= 4 is 17.3 Å². The first-order valence-corrected chi connectivity index (χ1v) is 8.77. The molecule has 0 unspecified atom stereocenters. The van der Waals surface area contributed by atoms with Crippen LogP contribution in [0.4, 0.5) is 0 Å². The number of carbonyl (C=O) groups excluding carboxylic acids is 2. The molecule has 0 fully saturated rings. The number of nitrogens with zero attached hydrogens (tertiary/aromatic N) is 2. The first kappa shape index (κ1) is 18.6. The van der Waals surface area contributed by atoms with Crippen molar-refractivity contribution in [1.29, 1.82) is 0 Å². The van der Waals surface area contributed by atoms with Gasteiger partial charge in [0.25, 0.3) is 11.8 Å². The fourth-order valence-corrected chi connectivity index (χ4v) is 2.72. The Kier molecular flexibility index (Phi) is 6.17. The van der Waals surface area contributed by atoms with Crippen LogP contribution >= 0.6 is 0 Å². The van der Waals surface area contributed by atoms with Crippen molar-refractivity contribution in [2.45, 2.75) is 13.0 Å². The van der Waals surface area contributed by atoms with Crippen molar-refractivity contribution in [3.8, 4) is 0 Å². The molecule has 2 N–H and O–H groups in total. The third-order valence-electron chi connectivity index (χ3n) is 4.07. The maximum atomic E-state index is 12.6. The van der Waals surface area contributed by atoms with Crippen molar-refractivity contribution in [1.82, 2.24) is 20.0 Å². The van der Waals surface area contributed by atoms with Gasteiger partial charge in [0.05, 0.1) is 5.52 Å². The fraction of sp³-hybridized carbons (Fsp3) is 0.250. The Morgan fingerprint density at radius 3 is 2.59 bits per heavy atom. The van der Waals surface area contributed by atoms with Gasteiger partial charge in [0.1, 0.15) is 0 Å². The Morgan fingerprint density at radius 2 is 1.81 bits per heavy atom. The lowest BCUT2D eigenvalue weighted by atomic mass is 10.2. The van der Waals surface area contributed by atoms with Crippen LogP contribution in [-0.2, 0) is 11.3 Å². The molecule has 0 saturated carbocycles. The lowest BCUT2D eigenvalue weighted by molar-refractivity contribution is 0.0937.